The Morgan fingerprint density at radius 2 is 1.10 bits per heavy atom. The summed E-state index contributed by atoms with van der Waals surface area (Å²) in [6.45, 7) is 16.5. The number of rotatable bonds is 15. The van der Waals surface area contributed by atoms with Crippen LogP contribution in [-0.2, 0) is 41.5 Å². The molecule has 0 saturated carbocycles. The molecule has 0 rings (SSSR count). The van der Waals surface area contributed by atoms with Crippen molar-refractivity contribution >= 4 is 21.2 Å². The Morgan fingerprint density at radius 1 is 0.767 bits per heavy atom. The molecule has 0 N–H and O–H groups in total. The van der Waals surface area contributed by atoms with Gasteiger partial charge in [-0.05, 0) is 55.4 Å². The lowest BCUT2D eigenvalue weighted by Crippen LogP contribution is -2.27. The number of carbonyl (C=O) groups is 1. The summed E-state index contributed by atoms with van der Waals surface area (Å²) in [7, 11) is -6.88. The fraction of sp³-hybridized carbons (Fsp3) is 0.842. The van der Waals surface area contributed by atoms with E-state index in [-0.39, 0.29) is 18.8 Å². The van der Waals surface area contributed by atoms with Gasteiger partial charge in [-0.2, -0.15) is 0 Å². The van der Waals surface area contributed by atoms with Crippen molar-refractivity contribution < 1.29 is 41.5 Å². The van der Waals surface area contributed by atoms with Crippen molar-refractivity contribution in [3.8, 4) is 0 Å². The predicted molar refractivity (Wildman–Crippen MR) is 116 cm³/mol. The van der Waals surface area contributed by atoms with Gasteiger partial charge in [0.25, 0.3) is 0 Å². The molecule has 11 heteroatoms. The zero-order valence-corrected chi connectivity index (χ0v) is 21.4. The standard InChI is InChI=1S/C19H38O9P2/c1-13(2)25-29(21,26-14(3)4)18(12-24-11-17(9)19(20)23-10)30(22,27-15(5)6)28-16(7)8/h13-16,18H,9,11-12H2,1-8,10H3. The van der Waals surface area contributed by atoms with E-state index in [1.54, 1.807) is 55.4 Å². The quantitative estimate of drug-likeness (QED) is 0.182. The third-order valence-electron chi connectivity index (χ3n) is 3.18. The molecule has 0 aromatic heterocycles. The van der Waals surface area contributed by atoms with Gasteiger partial charge in [0.1, 0.15) is 0 Å². The molecule has 0 bridgehead atoms. The average Bonchev–Trinajstić information content (AvgIpc) is 2.54. The zero-order valence-electron chi connectivity index (χ0n) is 19.6. The van der Waals surface area contributed by atoms with Gasteiger partial charge in [-0.3, -0.25) is 9.13 Å². The highest BCUT2D eigenvalue weighted by molar-refractivity contribution is 7.72. The molecule has 0 aromatic carbocycles. The molecule has 0 fully saturated rings. The van der Waals surface area contributed by atoms with Crippen LogP contribution in [-0.4, -0.2) is 56.1 Å². The number of hydrogen-bond acceptors (Lipinski definition) is 9. The Bertz CT molecular complexity index is 578. The number of ether oxygens (including phenoxy) is 2. The Hall–Kier alpha value is -0.530. The fourth-order valence-corrected chi connectivity index (χ4v) is 7.98. The molecule has 30 heavy (non-hydrogen) atoms. The topological polar surface area (TPSA) is 107 Å². The third kappa shape index (κ3) is 10.2. The lowest BCUT2D eigenvalue weighted by atomic mass is 10.3. The maximum absolute atomic E-state index is 13.8. The van der Waals surface area contributed by atoms with E-state index in [0.717, 1.165) is 0 Å². The van der Waals surface area contributed by atoms with Crippen LogP contribution in [0.4, 0.5) is 0 Å². The van der Waals surface area contributed by atoms with Gasteiger partial charge in [0.15, 0.2) is 5.40 Å². The largest absolute Gasteiger partial charge is 0.466 e. The number of esters is 1. The van der Waals surface area contributed by atoms with Gasteiger partial charge in [0.05, 0.1) is 50.3 Å². The molecular formula is C19H38O9P2. The molecule has 0 spiro atoms. The molecule has 0 aromatic rings. The minimum Gasteiger partial charge on any atom is -0.466 e. The van der Waals surface area contributed by atoms with Crippen LogP contribution in [0.25, 0.3) is 0 Å². The molecule has 0 aliphatic rings. The van der Waals surface area contributed by atoms with E-state index >= 15 is 0 Å². The smallest absolute Gasteiger partial charge is 0.348 e. The number of carbonyl (C=O) groups excluding carboxylic acids is 1. The SMILES string of the molecule is C=C(COCC(P(=O)(OC(C)C)OC(C)C)P(=O)(OC(C)C)OC(C)C)C(=O)OC. The van der Waals surface area contributed by atoms with E-state index < -0.39 is 51.0 Å². The highest BCUT2D eigenvalue weighted by Crippen LogP contribution is 2.71. The lowest BCUT2D eigenvalue weighted by Gasteiger charge is -2.35. The Balaban J connectivity index is 6.12. The van der Waals surface area contributed by atoms with Crippen LogP contribution in [0, 0.1) is 0 Å². The van der Waals surface area contributed by atoms with Crippen LogP contribution in [0.2, 0.25) is 0 Å². The van der Waals surface area contributed by atoms with Crippen LogP contribution in [0.5, 0.6) is 0 Å². The molecule has 0 radical (unpaired) electrons. The molecule has 178 valence electrons. The predicted octanol–water partition coefficient (Wildman–Crippen LogP) is 5.14. The van der Waals surface area contributed by atoms with Gasteiger partial charge in [-0.15, -0.1) is 0 Å². The monoisotopic (exact) mass is 472 g/mol. The molecule has 0 aliphatic heterocycles. The Labute approximate surface area is 180 Å². The highest BCUT2D eigenvalue weighted by Gasteiger charge is 2.53. The summed E-state index contributed by atoms with van der Waals surface area (Å²) in [5.41, 5.74) is 0.0463. The maximum atomic E-state index is 13.8. The van der Waals surface area contributed by atoms with Crippen molar-refractivity contribution in [3.05, 3.63) is 12.2 Å². The molecule has 9 nitrogen and oxygen atoms in total. The van der Waals surface area contributed by atoms with E-state index in [1.807, 2.05) is 0 Å². The molecule has 0 unspecified atom stereocenters. The van der Waals surface area contributed by atoms with Gasteiger partial charge in [0.2, 0.25) is 0 Å². The van der Waals surface area contributed by atoms with Gasteiger partial charge >= 0.3 is 21.2 Å². The first-order chi connectivity index (χ1) is 13.7. The minimum atomic E-state index is -4.05. The number of hydrogen-bond donors (Lipinski definition) is 0. The normalized spacial score (nSPS) is 13.1. The van der Waals surface area contributed by atoms with Crippen LogP contribution < -0.4 is 0 Å². The first-order valence-corrected chi connectivity index (χ1v) is 13.2. The van der Waals surface area contributed by atoms with Gasteiger partial charge in [-0.25, -0.2) is 4.79 Å². The summed E-state index contributed by atoms with van der Waals surface area (Å²) >= 11 is 0. The van der Waals surface area contributed by atoms with Crippen molar-refractivity contribution in [1.29, 1.82) is 0 Å². The van der Waals surface area contributed by atoms with Gasteiger partial charge < -0.3 is 27.6 Å². The van der Waals surface area contributed by atoms with Crippen molar-refractivity contribution in [3.63, 3.8) is 0 Å². The van der Waals surface area contributed by atoms with Crippen molar-refractivity contribution in [2.75, 3.05) is 20.3 Å². The second-order valence-corrected chi connectivity index (χ2v) is 12.4. The van der Waals surface area contributed by atoms with Crippen molar-refractivity contribution in [2.45, 2.75) is 85.2 Å². The van der Waals surface area contributed by atoms with Gasteiger partial charge in [-0.1, -0.05) is 6.58 Å². The first-order valence-electron chi connectivity index (χ1n) is 9.93. The second kappa shape index (κ2) is 13.1. The van der Waals surface area contributed by atoms with E-state index in [1.165, 1.54) is 7.11 Å². The summed E-state index contributed by atoms with van der Waals surface area (Å²) in [5.74, 6) is -0.647. The fourth-order valence-electron chi connectivity index (χ4n) is 2.35. The van der Waals surface area contributed by atoms with E-state index in [9.17, 15) is 13.9 Å². The molecule has 0 saturated heterocycles. The maximum Gasteiger partial charge on any atom is 0.348 e. The van der Waals surface area contributed by atoms with E-state index in [2.05, 4.69) is 11.3 Å². The second-order valence-electron chi connectivity index (χ2n) is 7.79. The first kappa shape index (κ1) is 29.5. The van der Waals surface area contributed by atoms with E-state index in [4.69, 9.17) is 22.8 Å². The van der Waals surface area contributed by atoms with Gasteiger partial charge in [0, 0.05) is 0 Å². The zero-order chi connectivity index (χ0) is 23.7. The van der Waals surface area contributed by atoms with Crippen molar-refractivity contribution in [2.24, 2.45) is 0 Å². The number of methoxy groups -OCH3 is 1. The summed E-state index contributed by atoms with van der Waals surface area (Å²) in [6, 6.07) is 0. The van der Waals surface area contributed by atoms with Crippen LogP contribution in [0.3, 0.4) is 0 Å². The summed E-state index contributed by atoms with van der Waals surface area (Å²) < 4.78 is 60.4. The molecule has 0 amide bonds. The Kier molecular flexibility index (Phi) is 12.9. The van der Waals surface area contributed by atoms with E-state index in [0.29, 0.717) is 0 Å². The average molecular weight is 472 g/mol. The van der Waals surface area contributed by atoms with Crippen molar-refractivity contribution in [1.82, 2.24) is 0 Å². The summed E-state index contributed by atoms with van der Waals surface area (Å²) in [4.78, 5) is 11.6. The molecular weight excluding hydrogens is 434 g/mol. The molecule has 0 atom stereocenters. The van der Waals surface area contributed by atoms with Crippen LogP contribution in [0.1, 0.15) is 55.4 Å². The summed E-state index contributed by atoms with van der Waals surface area (Å²) in [5, 5.41) is -1.37. The highest BCUT2D eigenvalue weighted by atomic mass is 31.2. The third-order valence-corrected chi connectivity index (χ3v) is 9.50. The lowest BCUT2D eigenvalue weighted by molar-refractivity contribution is -0.136. The summed E-state index contributed by atoms with van der Waals surface area (Å²) in [6.07, 6.45) is -1.97. The Morgan fingerprint density at radius 3 is 1.37 bits per heavy atom. The van der Waals surface area contributed by atoms with Crippen LogP contribution >= 0.6 is 15.2 Å². The minimum absolute atomic E-state index is 0.0463. The molecule has 0 heterocycles. The molecule has 0 aliphatic carbocycles. The van der Waals surface area contributed by atoms with Crippen LogP contribution in [0.15, 0.2) is 12.2 Å².